The van der Waals surface area contributed by atoms with E-state index in [1.807, 2.05) is 0 Å². The van der Waals surface area contributed by atoms with E-state index in [2.05, 4.69) is 10.4 Å². The molecule has 1 aromatic carbocycles. The largest absolute Gasteiger partial charge is 0.379 e. The summed E-state index contributed by atoms with van der Waals surface area (Å²) in [6.07, 6.45) is 0. The van der Waals surface area contributed by atoms with Gasteiger partial charge in [0.15, 0.2) is 0 Å². The Morgan fingerprint density at radius 1 is 1.38 bits per heavy atom. The second-order valence-corrected chi connectivity index (χ2v) is 4.09. The second-order valence-electron chi connectivity index (χ2n) is 3.68. The predicted octanol–water partition coefficient (Wildman–Crippen LogP) is 1.82. The van der Waals surface area contributed by atoms with E-state index in [-0.39, 0.29) is 10.8 Å². The zero-order valence-electron chi connectivity index (χ0n) is 8.88. The Hall–Kier alpha value is -0.680. The molecule has 1 fully saturated rings. The lowest BCUT2D eigenvalue weighted by molar-refractivity contribution is 0.0106. The second kappa shape index (κ2) is 5.59. The van der Waals surface area contributed by atoms with Gasteiger partial charge in [-0.1, -0.05) is 17.7 Å². The lowest BCUT2D eigenvalue weighted by Gasteiger charge is -2.27. The van der Waals surface area contributed by atoms with Crippen LogP contribution in [-0.2, 0) is 11.3 Å². The highest BCUT2D eigenvalue weighted by Gasteiger charge is 2.09. The lowest BCUT2D eigenvalue weighted by Crippen LogP contribution is -2.45. The fourth-order valence-corrected chi connectivity index (χ4v) is 1.78. The highest BCUT2D eigenvalue weighted by atomic mass is 35.5. The van der Waals surface area contributed by atoms with Crippen LogP contribution in [0.3, 0.4) is 0 Å². The van der Waals surface area contributed by atoms with E-state index < -0.39 is 0 Å². The summed E-state index contributed by atoms with van der Waals surface area (Å²) in [5.74, 6) is -0.378. The smallest absolute Gasteiger partial charge is 0.141 e. The van der Waals surface area contributed by atoms with Crippen molar-refractivity contribution in [3.05, 3.63) is 34.6 Å². The van der Waals surface area contributed by atoms with Crippen molar-refractivity contribution in [1.29, 1.82) is 0 Å². The molecular weight excluding hydrogens is 231 g/mol. The number of rotatable bonds is 3. The fraction of sp³-hybridized carbons (Fsp3) is 0.455. The fourth-order valence-electron chi connectivity index (χ4n) is 1.57. The molecule has 1 aliphatic rings. The van der Waals surface area contributed by atoms with E-state index >= 15 is 0 Å². The van der Waals surface area contributed by atoms with Crippen molar-refractivity contribution in [1.82, 2.24) is 10.4 Å². The molecule has 1 aliphatic heterocycles. The van der Waals surface area contributed by atoms with Gasteiger partial charge in [0.25, 0.3) is 0 Å². The van der Waals surface area contributed by atoms with Gasteiger partial charge in [-0.3, -0.25) is 5.43 Å². The van der Waals surface area contributed by atoms with E-state index in [9.17, 15) is 4.39 Å². The molecule has 5 heteroatoms. The standard InChI is InChI=1S/C11H14ClFN2O/c12-10-7-9(1-2-11(10)13)8-14-15-3-5-16-6-4-15/h1-2,7,14H,3-6,8H2. The molecule has 0 spiro atoms. The molecule has 0 atom stereocenters. The third-order valence-electron chi connectivity index (χ3n) is 2.50. The SMILES string of the molecule is Fc1ccc(CNN2CCOCC2)cc1Cl. The molecule has 1 saturated heterocycles. The molecule has 0 bridgehead atoms. The highest BCUT2D eigenvalue weighted by Crippen LogP contribution is 2.15. The minimum absolute atomic E-state index is 0.168. The van der Waals surface area contributed by atoms with Crippen molar-refractivity contribution in [2.24, 2.45) is 0 Å². The van der Waals surface area contributed by atoms with Gasteiger partial charge in [-0.15, -0.1) is 0 Å². The van der Waals surface area contributed by atoms with E-state index in [4.69, 9.17) is 16.3 Å². The van der Waals surface area contributed by atoms with Crippen LogP contribution < -0.4 is 5.43 Å². The number of hydrogen-bond acceptors (Lipinski definition) is 3. The van der Waals surface area contributed by atoms with Gasteiger partial charge in [0.1, 0.15) is 5.82 Å². The molecule has 0 aromatic heterocycles. The average molecular weight is 245 g/mol. The number of halogens is 2. The van der Waals surface area contributed by atoms with Crippen LogP contribution in [-0.4, -0.2) is 31.3 Å². The van der Waals surface area contributed by atoms with Gasteiger partial charge in [0.05, 0.1) is 18.2 Å². The number of benzene rings is 1. The molecule has 0 aliphatic carbocycles. The molecule has 1 N–H and O–H groups in total. The Bertz CT molecular complexity index is 356. The molecule has 0 amide bonds. The Labute approximate surface area is 99.1 Å². The van der Waals surface area contributed by atoms with E-state index in [0.717, 1.165) is 31.9 Å². The average Bonchev–Trinajstić information content (AvgIpc) is 2.32. The maximum absolute atomic E-state index is 12.9. The van der Waals surface area contributed by atoms with Gasteiger partial charge in [-0.25, -0.2) is 9.40 Å². The zero-order chi connectivity index (χ0) is 11.4. The molecule has 0 radical (unpaired) electrons. The number of hydrazine groups is 1. The molecule has 88 valence electrons. The topological polar surface area (TPSA) is 24.5 Å². The normalized spacial score (nSPS) is 17.6. The van der Waals surface area contributed by atoms with Gasteiger partial charge in [0, 0.05) is 19.6 Å². The van der Waals surface area contributed by atoms with E-state index in [1.165, 1.54) is 6.07 Å². The van der Waals surface area contributed by atoms with Gasteiger partial charge >= 0.3 is 0 Å². The number of nitrogens with zero attached hydrogens (tertiary/aromatic N) is 1. The maximum Gasteiger partial charge on any atom is 0.141 e. The number of morpholine rings is 1. The monoisotopic (exact) mass is 244 g/mol. The third-order valence-corrected chi connectivity index (χ3v) is 2.79. The first-order valence-electron chi connectivity index (χ1n) is 5.26. The van der Waals surface area contributed by atoms with E-state index in [1.54, 1.807) is 12.1 Å². The maximum atomic E-state index is 12.9. The third kappa shape index (κ3) is 3.15. The van der Waals surface area contributed by atoms with Crippen LogP contribution in [0.1, 0.15) is 5.56 Å². The summed E-state index contributed by atoms with van der Waals surface area (Å²) in [6.45, 7) is 3.89. The van der Waals surface area contributed by atoms with Crippen molar-refractivity contribution >= 4 is 11.6 Å². The van der Waals surface area contributed by atoms with Crippen LogP contribution in [0.2, 0.25) is 5.02 Å². The molecule has 0 saturated carbocycles. The molecule has 16 heavy (non-hydrogen) atoms. The van der Waals surface area contributed by atoms with Crippen LogP contribution in [0.25, 0.3) is 0 Å². The van der Waals surface area contributed by atoms with Crippen molar-refractivity contribution in [2.45, 2.75) is 6.54 Å². The summed E-state index contributed by atoms with van der Waals surface area (Å²) in [5.41, 5.74) is 4.23. The molecule has 1 heterocycles. The summed E-state index contributed by atoms with van der Waals surface area (Å²) < 4.78 is 18.1. The van der Waals surface area contributed by atoms with Gasteiger partial charge in [-0.2, -0.15) is 0 Å². The van der Waals surface area contributed by atoms with E-state index in [0.29, 0.717) is 6.54 Å². The van der Waals surface area contributed by atoms with Crippen LogP contribution >= 0.6 is 11.6 Å². The first kappa shape index (κ1) is 11.8. The Morgan fingerprint density at radius 3 is 2.81 bits per heavy atom. The zero-order valence-corrected chi connectivity index (χ0v) is 9.63. The van der Waals surface area contributed by atoms with Crippen molar-refractivity contribution < 1.29 is 9.13 Å². The minimum atomic E-state index is -0.378. The number of ether oxygens (including phenoxy) is 1. The minimum Gasteiger partial charge on any atom is -0.379 e. The lowest BCUT2D eigenvalue weighted by atomic mass is 10.2. The Balaban J connectivity index is 1.86. The summed E-state index contributed by atoms with van der Waals surface area (Å²) in [7, 11) is 0. The van der Waals surface area contributed by atoms with Crippen LogP contribution in [0.15, 0.2) is 18.2 Å². The molecule has 1 aromatic rings. The highest BCUT2D eigenvalue weighted by molar-refractivity contribution is 6.30. The summed E-state index contributed by atoms with van der Waals surface area (Å²) in [6, 6.07) is 4.76. The summed E-state index contributed by atoms with van der Waals surface area (Å²) >= 11 is 5.70. The molecule has 0 unspecified atom stereocenters. The number of nitrogens with one attached hydrogen (secondary N) is 1. The van der Waals surface area contributed by atoms with Gasteiger partial charge < -0.3 is 4.74 Å². The Morgan fingerprint density at radius 2 is 2.12 bits per heavy atom. The van der Waals surface area contributed by atoms with Crippen molar-refractivity contribution in [3.8, 4) is 0 Å². The van der Waals surface area contributed by atoms with Crippen LogP contribution in [0, 0.1) is 5.82 Å². The van der Waals surface area contributed by atoms with Crippen molar-refractivity contribution in [3.63, 3.8) is 0 Å². The first-order valence-corrected chi connectivity index (χ1v) is 5.63. The number of hydrogen-bond donors (Lipinski definition) is 1. The first-order chi connectivity index (χ1) is 7.75. The van der Waals surface area contributed by atoms with Crippen LogP contribution in [0.5, 0.6) is 0 Å². The van der Waals surface area contributed by atoms with Crippen molar-refractivity contribution in [2.75, 3.05) is 26.3 Å². The molecule has 3 nitrogen and oxygen atoms in total. The molecular formula is C11H14ClFN2O. The Kier molecular flexibility index (Phi) is 4.12. The predicted molar refractivity (Wildman–Crippen MR) is 60.6 cm³/mol. The van der Waals surface area contributed by atoms with Crippen LogP contribution in [0.4, 0.5) is 4.39 Å². The quantitative estimate of drug-likeness (QED) is 0.878. The summed E-state index contributed by atoms with van der Waals surface area (Å²) in [4.78, 5) is 0. The van der Waals surface area contributed by atoms with Gasteiger partial charge in [-0.05, 0) is 17.7 Å². The van der Waals surface area contributed by atoms with Gasteiger partial charge in [0.2, 0.25) is 0 Å². The summed E-state index contributed by atoms with van der Waals surface area (Å²) in [5, 5.41) is 2.27. The molecule has 2 rings (SSSR count).